The lowest BCUT2D eigenvalue weighted by Crippen LogP contribution is -2.32. The Kier molecular flexibility index (Phi) is 5.24. The largest absolute Gasteiger partial charge is 0.493 e. The Morgan fingerprint density at radius 2 is 1.92 bits per heavy atom. The molecule has 2 N–H and O–H groups in total. The first-order valence-corrected chi connectivity index (χ1v) is 8.54. The predicted molar refractivity (Wildman–Crippen MR) is 97.2 cm³/mol. The molecule has 2 aromatic carbocycles. The molecule has 1 heterocycles. The summed E-state index contributed by atoms with van der Waals surface area (Å²) in [6, 6.07) is 15.4. The van der Waals surface area contributed by atoms with Gasteiger partial charge in [-0.2, -0.15) is 0 Å². The first-order valence-electron chi connectivity index (χ1n) is 8.54. The summed E-state index contributed by atoms with van der Waals surface area (Å²) >= 11 is 0. The Morgan fingerprint density at radius 1 is 1.16 bits per heavy atom. The summed E-state index contributed by atoms with van der Waals surface area (Å²) in [6.07, 6.45) is 0. The highest BCUT2D eigenvalue weighted by molar-refractivity contribution is 5.95. The number of methoxy groups -OCH3 is 1. The number of carbonyl (C=O) groups is 1. The van der Waals surface area contributed by atoms with Crippen molar-refractivity contribution in [3.05, 3.63) is 59.7 Å². The topological polar surface area (TPSA) is 64.8 Å². The van der Waals surface area contributed by atoms with Crippen LogP contribution in [-0.4, -0.2) is 43.7 Å². The van der Waals surface area contributed by atoms with Crippen LogP contribution in [0.2, 0.25) is 0 Å². The number of nitrogens with zero attached hydrogens (tertiary/aromatic N) is 1. The quantitative estimate of drug-likeness (QED) is 0.909. The Hall–Kier alpha value is -2.53. The number of amides is 1. The van der Waals surface area contributed by atoms with Gasteiger partial charge >= 0.3 is 0 Å². The molecule has 1 fully saturated rings. The molecule has 0 bridgehead atoms. The van der Waals surface area contributed by atoms with E-state index in [9.17, 15) is 4.79 Å². The Labute approximate surface area is 148 Å². The normalized spacial score (nSPS) is 19.7. The predicted octanol–water partition coefficient (Wildman–Crippen LogP) is 2.66. The Bertz CT molecular complexity index is 733. The molecule has 3 rings (SSSR count). The highest BCUT2D eigenvalue weighted by Gasteiger charge is 2.34. The molecule has 132 valence electrons. The fourth-order valence-electron chi connectivity index (χ4n) is 3.31. The zero-order valence-corrected chi connectivity index (χ0v) is 14.6. The molecule has 5 heteroatoms. The molecule has 1 aliphatic rings. The maximum absolute atomic E-state index is 12.9. The van der Waals surface area contributed by atoms with Crippen LogP contribution < -0.4 is 15.2 Å². The average molecular weight is 340 g/mol. The number of nitrogens with two attached hydrogens (primary N) is 1. The van der Waals surface area contributed by atoms with E-state index < -0.39 is 0 Å². The van der Waals surface area contributed by atoms with Crippen LogP contribution in [-0.2, 0) is 0 Å². The van der Waals surface area contributed by atoms with E-state index >= 15 is 0 Å². The smallest absolute Gasteiger partial charge is 0.254 e. The van der Waals surface area contributed by atoms with Gasteiger partial charge in [0.1, 0.15) is 0 Å². The van der Waals surface area contributed by atoms with E-state index in [1.807, 2.05) is 30.0 Å². The zero-order chi connectivity index (χ0) is 17.8. The van der Waals surface area contributed by atoms with Crippen molar-refractivity contribution in [2.45, 2.75) is 18.9 Å². The summed E-state index contributed by atoms with van der Waals surface area (Å²) < 4.78 is 10.9. The van der Waals surface area contributed by atoms with E-state index in [1.165, 1.54) is 5.56 Å². The molecule has 2 atom stereocenters. The zero-order valence-electron chi connectivity index (χ0n) is 14.6. The van der Waals surface area contributed by atoms with Gasteiger partial charge < -0.3 is 20.1 Å². The van der Waals surface area contributed by atoms with Crippen molar-refractivity contribution < 1.29 is 14.3 Å². The number of likely N-dealkylation sites (tertiary alicyclic amines) is 1. The minimum Gasteiger partial charge on any atom is -0.493 e. The molecular weight excluding hydrogens is 316 g/mol. The van der Waals surface area contributed by atoms with E-state index in [2.05, 4.69) is 12.1 Å². The second-order valence-electron chi connectivity index (χ2n) is 6.19. The third-order valence-corrected chi connectivity index (χ3v) is 4.59. The second kappa shape index (κ2) is 7.57. The Balaban J connectivity index is 1.78. The van der Waals surface area contributed by atoms with E-state index in [0.29, 0.717) is 36.8 Å². The number of rotatable bonds is 5. The monoisotopic (exact) mass is 340 g/mol. The molecule has 0 aromatic heterocycles. The van der Waals surface area contributed by atoms with Crippen LogP contribution in [0, 0.1) is 0 Å². The van der Waals surface area contributed by atoms with Crippen LogP contribution in [0.25, 0.3) is 0 Å². The van der Waals surface area contributed by atoms with Crippen LogP contribution >= 0.6 is 0 Å². The van der Waals surface area contributed by atoms with Gasteiger partial charge in [0.25, 0.3) is 5.91 Å². The van der Waals surface area contributed by atoms with E-state index in [0.717, 1.165) is 0 Å². The van der Waals surface area contributed by atoms with Gasteiger partial charge in [-0.1, -0.05) is 30.3 Å². The molecule has 5 nitrogen and oxygen atoms in total. The summed E-state index contributed by atoms with van der Waals surface area (Å²) in [5, 5.41) is 0. The fourth-order valence-corrected chi connectivity index (χ4v) is 3.31. The van der Waals surface area contributed by atoms with Crippen molar-refractivity contribution in [1.82, 2.24) is 4.90 Å². The van der Waals surface area contributed by atoms with Crippen molar-refractivity contribution in [2.75, 3.05) is 26.8 Å². The molecule has 0 radical (unpaired) electrons. The van der Waals surface area contributed by atoms with Crippen molar-refractivity contribution >= 4 is 5.91 Å². The van der Waals surface area contributed by atoms with Crippen molar-refractivity contribution in [3.63, 3.8) is 0 Å². The number of ether oxygens (including phenoxy) is 2. The van der Waals surface area contributed by atoms with Crippen molar-refractivity contribution in [1.29, 1.82) is 0 Å². The maximum Gasteiger partial charge on any atom is 0.254 e. The molecular formula is C20H24N2O3. The molecule has 0 saturated carbocycles. The van der Waals surface area contributed by atoms with Gasteiger partial charge in [0, 0.05) is 30.6 Å². The molecule has 0 spiro atoms. The Morgan fingerprint density at radius 3 is 2.60 bits per heavy atom. The van der Waals surface area contributed by atoms with E-state index in [4.69, 9.17) is 15.2 Å². The summed E-state index contributed by atoms with van der Waals surface area (Å²) in [5.74, 6) is 1.34. The minimum atomic E-state index is -0.0593. The lowest BCUT2D eigenvalue weighted by Gasteiger charge is -2.18. The molecule has 0 aliphatic carbocycles. The fraction of sp³-hybridized carbons (Fsp3) is 0.350. The summed E-state index contributed by atoms with van der Waals surface area (Å²) in [7, 11) is 1.57. The third-order valence-electron chi connectivity index (χ3n) is 4.59. The van der Waals surface area contributed by atoms with Crippen LogP contribution in [0.3, 0.4) is 0 Å². The molecule has 25 heavy (non-hydrogen) atoms. The maximum atomic E-state index is 12.9. The van der Waals surface area contributed by atoms with Gasteiger partial charge in [0.05, 0.1) is 13.7 Å². The highest BCUT2D eigenvalue weighted by atomic mass is 16.5. The number of carbonyl (C=O) groups excluding carboxylic acids is 1. The first kappa shape index (κ1) is 17.3. The highest BCUT2D eigenvalue weighted by Crippen LogP contribution is 2.31. The van der Waals surface area contributed by atoms with Gasteiger partial charge in [-0.05, 0) is 30.7 Å². The van der Waals surface area contributed by atoms with Gasteiger partial charge in [-0.25, -0.2) is 0 Å². The van der Waals surface area contributed by atoms with Crippen molar-refractivity contribution in [2.24, 2.45) is 5.73 Å². The second-order valence-corrected chi connectivity index (χ2v) is 6.19. The molecule has 1 aliphatic heterocycles. The standard InChI is InChI=1S/C20H24N2O3/c1-3-25-18-10-9-15(11-19(18)24-2)20(23)22-12-16(17(21)13-22)14-7-5-4-6-8-14/h4-11,16-17H,3,12-13,21H2,1-2H3/t16-,17+/m0/s1. The molecule has 1 amide bonds. The summed E-state index contributed by atoms with van der Waals surface area (Å²) in [6.45, 7) is 3.63. The van der Waals surface area contributed by atoms with E-state index in [-0.39, 0.29) is 17.9 Å². The number of hydrogen-bond acceptors (Lipinski definition) is 4. The van der Waals surface area contributed by atoms with Crippen LogP contribution in [0.15, 0.2) is 48.5 Å². The van der Waals surface area contributed by atoms with Crippen LogP contribution in [0.1, 0.15) is 28.8 Å². The SMILES string of the molecule is CCOc1ccc(C(=O)N2C[C@@H](N)[C@H](c3ccccc3)C2)cc1OC. The molecule has 1 saturated heterocycles. The molecule has 2 aromatic rings. The van der Waals surface area contributed by atoms with E-state index in [1.54, 1.807) is 25.3 Å². The van der Waals surface area contributed by atoms with Gasteiger partial charge in [0.2, 0.25) is 0 Å². The molecule has 0 unspecified atom stereocenters. The third kappa shape index (κ3) is 3.61. The number of benzene rings is 2. The van der Waals surface area contributed by atoms with Gasteiger partial charge in [-0.3, -0.25) is 4.79 Å². The van der Waals surface area contributed by atoms with Gasteiger partial charge in [0.15, 0.2) is 11.5 Å². The number of hydrogen-bond donors (Lipinski definition) is 1. The summed E-state index contributed by atoms with van der Waals surface area (Å²) in [5.41, 5.74) is 8.06. The van der Waals surface area contributed by atoms with Gasteiger partial charge in [-0.15, -0.1) is 0 Å². The lowest BCUT2D eigenvalue weighted by atomic mass is 9.95. The minimum absolute atomic E-state index is 0.0322. The first-order chi connectivity index (χ1) is 12.1. The van der Waals surface area contributed by atoms with Crippen molar-refractivity contribution in [3.8, 4) is 11.5 Å². The lowest BCUT2D eigenvalue weighted by molar-refractivity contribution is 0.0788. The van der Waals surface area contributed by atoms with Crippen LogP contribution in [0.4, 0.5) is 0 Å². The van der Waals surface area contributed by atoms with Crippen LogP contribution in [0.5, 0.6) is 11.5 Å². The summed E-state index contributed by atoms with van der Waals surface area (Å²) in [4.78, 5) is 14.7. The average Bonchev–Trinajstić information content (AvgIpc) is 3.04.